The maximum absolute atomic E-state index is 11.8. The Morgan fingerprint density at radius 1 is 0.900 bits per heavy atom. The van der Waals surface area contributed by atoms with Crippen LogP contribution in [0.5, 0.6) is 5.75 Å². The smallest absolute Gasteiger partial charge is 0.199 e. The summed E-state index contributed by atoms with van der Waals surface area (Å²) in [6.45, 7) is 0. The van der Waals surface area contributed by atoms with Gasteiger partial charge in [0.15, 0.2) is 21.5 Å². The summed E-state index contributed by atoms with van der Waals surface area (Å²) in [6.07, 6.45) is 1.74. The van der Waals surface area contributed by atoms with Gasteiger partial charge in [-0.2, -0.15) is 0 Å². The number of oxazole rings is 1. The Bertz CT molecular complexity index is 1260. The molecule has 0 saturated heterocycles. The average molecular weight is 420 g/mol. The third-order valence-electron chi connectivity index (χ3n) is 4.78. The quantitative estimate of drug-likeness (QED) is 0.439. The van der Waals surface area contributed by atoms with Crippen molar-refractivity contribution in [1.29, 1.82) is 0 Å². The molecule has 0 N–H and O–H groups in total. The van der Waals surface area contributed by atoms with Gasteiger partial charge in [-0.25, -0.2) is 13.4 Å². The van der Waals surface area contributed by atoms with E-state index in [1.54, 1.807) is 31.4 Å². The highest BCUT2D eigenvalue weighted by molar-refractivity contribution is 7.90. The third kappa shape index (κ3) is 4.14. The van der Waals surface area contributed by atoms with Crippen molar-refractivity contribution in [2.75, 3.05) is 13.4 Å². The minimum absolute atomic E-state index is 0.258. The zero-order valence-corrected chi connectivity index (χ0v) is 17.5. The highest BCUT2D eigenvalue weighted by Gasteiger charge is 2.20. The van der Waals surface area contributed by atoms with Gasteiger partial charge in [0.1, 0.15) is 11.4 Å². The van der Waals surface area contributed by atoms with Gasteiger partial charge in [-0.15, -0.1) is 0 Å². The van der Waals surface area contributed by atoms with Crippen molar-refractivity contribution in [1.82, 2.24) is 4.98 Å². The lowest BCUT2D eigenvalue weighted by Crippen LogP contribution is -1.96. The number of benzene rings is 3. The maximum Gasteiger partial charge on any atom is 0.199 e. The van der Waals surface area contributed by atoms with Crippen molar-refractivity contribution in [3.05, 3.63) is 90.3 Å². The predicted octanol–water partition coefficient (Wildman–Crippen LogP) is 5.01. The summed E-state index contributed by atoms with van der Waals surface area (Å²) in [5.41, 5.74) is 3.30. The molecule has 0 saturated carbocycles. The second-order valence-corrected chi connectivity index (χ2v) is 8.96. The molecule has 30 heavy (non-hydrogen) atoms. The van der Waals surface area contributed by atoms with Gasteiger partial charge in [0.2, 0.25) is 0 Å². The molecule has 1 aromatic heterocycles. The number of sulfone groups is 1. The summed E-state index contributed by atoms with van der Waals surface area (Å²) in [4.78, 5) is 5.03. The van der Waals surface area contributed by atoms with Crippen LogP contribution in [0.2, 0.25) is 0 Å². The van der Waals surface area contributed by atoms with Crippen LogP contribution in [0.15, 0.2) is 88.2 Å². The molecule has 4 rings (SSSR count). The van der Waals surface area contributed by atoms with E-state index < -0.39 is 9.84 Å². The fourth-order valence-electron chi connectivity index (χ4n) is 3.28. The number of hydrogen-bond acceptors (Lipinski definition) is 5. The van der Waals surface area contributed by atoms with Gasteiger partial charge in [-0.1, -0.05) is 42.5 Å². The highest BCUT2D eigenvalue weighted by atomic mass is 32.2. The van der Waals surface area contributed by atoms with Gasteiger partial charge in [-0.05, 0) is 42.0 Å². The van der Waals surface area contributed by atoms with Crippen LogP contribution in [0.4, 0.5) is 0 Å². The van der Waals surface area contributed by atoms with Crippen LogP contribution in [-0.2, 0) is 16.3 Å². The molecule has 0 aliphatic rings. The zero-order chi connectivity index (χ0) is 21.1. The lowest BCUT2D eigenvalue weighted by Gasteiger charge is -2.07. The largest absolute Gasteiger partial charge is 0.496 e. The van der Waals surface area contributed by atoms with Gasteiger partial charge in [-0.3, -0.25) is 0 Å². The normalized spacial score (nSPS) is 11.4. The number of hydrogen-bond donors (Lipinski definition) is 0. The monoisotopic (exact) mass is 419 g/mol. The Hall–Kier alpha value is -3.38. The SMILES string of the molecule is COc1ccccc1-c1nc(Cc2ccccc2)oc1-c1ccc(S(C)(=O)=O)cc1. The summed E-state index contributed by atoms with van der Waals surface area (Å²) in [5.74, 6) is 1.83. The van der Waals surface area contributed by atoms with Gasteiger partial charge < -0.3 is 9.15 Å². The van der Waals surface area contributed by atoms with Crippen LogP contribution in [0, 0.1) is 0 Å². The first kappa shape index (κ1) is 19.9. The van der Waals surface area contributed by atoms with E-state index in [2.05, 4.69) is 0 Å². The van der Waals surface area contributed by atoms with Gasteiger partial charge >= 0.3 is 0 Å². The van der Waals surface area contributed by atoms with E-state index in [9.17, 15) is 8.42 Å². The van der Waals surface area contributed by atoms with E-state index in [0.29, 0.717) is 29.5 Å². The van der Waals surface area contributed by atoms with Gasteiger partial charge in [0.05, 0.1) is 12.0 Å². The van der Waals surface area contributed by atoms with Gasteiger partial charge in [0.25, 0.3) is 0 Å². The third-order valence-corrected chi connectivity index (χ3v) is 5.90. The molecule has 6 heteroatoms. The molecule has 1 heterocycles. The maximum atomic E-state index is 11.8. The number of nitrogens with zero attached hydrogens (tertiary/aromatic N) is 1. The summed E-state index contributed by atoms with van der Waals surface area (Å²) in [7, 11) is -1.66. The minimum atomic E-state index is -3.28. The van der Waals surface area contributed by atoms with Crippen molar-refractivity contribution in [2.45, 2.75) is 11.3 Å². The highest BCUT2D eigenvalue weighted by Crippen LogP contribution is 2.38. The molecule has 5 nitrogen and oxygen atoms in total. The summed E-state index contributed by atoms with van der Waals surface area (Å²) >= 11 is 0. The van der Waals surface area contributed by atoms with E-state index >= 15 is 0 Å². The lowest BCUT2D eigenvalue weighted by atomic mass is 10.1. The molecular formula is C24H21NO4S. The summed E-state index contributed by atoms with van der Waals surface area (Å²) < 4.78 is 35.3. The molecule has 0 atom stereocenters. The predicted molar refractivity (Wildman–Crippen MR) is 116 cm³/mol. The number of ether oxygens (including phenoxy) is 1. The van der Waals surface area contributed by atoms with Crippen molar-refractivity contribution < 1.29 is 17.6 Å². The Balaban J connectivity index is 1.83. The summed E-state index contributed by atoms with van der Waals surface area (Å²) in [5, 5.41) is 0. The van der Waals surface area contributed by atoms with Crippen LogP contribution >= 0.6 is 0 Å². The molecule has 0 amide bonds. The van der Waals surface area contributed by atoms with Crippen molar-refractivity contribution in [3.63, 3.8) is 0 Å². The molecule has 0 fully saturated rings. The number of para-hydroxylation sites is 1. The standard InChI is InChI=1S/C24H21NO4S/c1-28-21-11-7-6-10-20(21)23-24(18-12-14-19(15-13-18)30(2,26)27)29-22(25-23)16-17-8-4-3-5-9-17/h3-15H,16H2,1-2H3. The Labute approximate surface area is 175 Å². The molecule has 3 aromatic carbocycles. The number of methoxy groups -OCH3 is 1. The van der Waals surface area contributed by atoms with Crippen molar-refractivity contribution >= 4 is 9.84 Å². The fourth-order valence-corrected chi connectivity index (χ4v) is 3.91. The number of aromatic nitrogens is 1. The Kier molecular flexibility index (Phi) is 5.42. The van der Waals surface area contributed by atoms with Crippen LogP contribution in [0.3, 0.4) is 0 Å². The topological polar surface area (TPSA) is 69.4 Å². The zero-order valence-electron chi connectivity index (χ0n) is 16.7. The van der Waals surface area contributed by atoms with E-state index in [0.717, 1.165) is 16.7 Å². The van der Waals surface area contributed by atoms with Gasteiger partial charge in [0, 0.05) is 23.8 Å². The first-order chi connectivity index (χ1) is 14.5. The molecular weight excluding hydrogens is 398 g/mol. The second-order valence-electron chi connectivity index (χ2n) is 6.94. The first-order valence-electron chi connectivity index (χ1n) is 9.43. The van der Waals surface area contributed by atoms with E-state index in [1.807, 2.05) is 54.6 Å². The molecule has 0 aliphatic carbocycles. The molecule has 0 unspecified atom stereocenters. The molecule has 0 aliphatic heterocycles. The van der Waals surface area contributed by atoms with E-state index in [-0.39, 0.29) is 4.90 Å². The van der Waals surface area contributed by atoms with E-state index in [1.165, 1.54) is 6.26 Å². The van der Waals surface area contributed by atoms with Crippen LogP contribution < -0.4 is 4.74 Å². The molecule has 152 valence electrons. The summed E-state index contributed by atoms with van der Waals surface area (Å²) in [6, 6.07) is 24.2. The Morgan fingerprint density at radius 2 is 1.57 bits per heavy atom. The fraction of sp³-hybridized carbons (Fsp3) is 0.125. The van der Waals surface area contributed by atoms with E-state index in [4.69, 9.17) is 14.1 Å². The molecule has 0 bridgehead atoms. The molecule has 4 aromatic rings. The first-order valence-corrected chi connectivity index (χ1v) is 11.3. The number of rotatable bonds is 6. The van der Waals surface area contributed by atoms with Crippen LogP contribution in [0.1, 0.15) is 11.5 Å². The average Bonchev–Trinajstić information content (AvgIpc) is 3.17. The van der Waals surface area contributed by atoms with Crippen LogP contribution in [-0.4, -0.2) is 26.8 Å². The molecule has 0 spiro atoms. The van der Waals surface area contributed by atoms with Crippen molar-refractivity contribution in [3.8, 4) is 28.3 Å². The van der Waals surface area contributed by atoms with Crippen LogP contribution in [0.25, 0.3) is 22.6 Å². The lowest BCUT2D eigenvalue weighted by molar-refractivity contribution is 0.416. The minimum Gasteiger partial charge on any atom is -0.496 e. The Morgan fingerprint density at radius 3 is 2.23 bits per heavy atom. The van der Waals surface area contributed by atoms with Crippen molar-refractivity contribution in [2.24, 2.45) is 0 Å². The second kappa shape index (κ2) is 8.16. The molecule has 0 radical (unpaired) electrons.